The molecule has 0 spiro atoms. The van der Waals surface area contributed by atoms with Crippen LogP contribution in [-0.2, 0) is 0 Å². The molecule has 0 fully saturated rings. The summed E-state index contributed by atoms with van der Waals surface area (Å²) in [5.41, 5.74) is 7.68. The zero-order chi connectivity index (χ0) is 14.2. The second-order valence-corrected chi connectivity index (χ2v) is 6.51. The van der Waals surface area contributed by atoms with Crippen LogP contribution in [-0.4, -0.2) is 0 Å². The van der Waals surface area contributed by atoms with E-state index < -0.39 is 0 Å². The molecule has 1 unspecified atom stereocenters. The summed E-state index contributed by atoms with van der Waals surface area (Å²) in [5, 5.41) is 0.820. The van der Waals surface area contributed by atoms with Crippen molar-refractivity contribution in [1.29, 1.82) is 0 Å². The van der Waals surface area contributed by atoms with Gasteiger partial charge in [0.05, 0.1) is 4.83 Å². The average Bonchev–Trinajstić information content (AvgIpc) is 2.31. The standard InChI is InChI=1S/C17H18BrCl/c1-10-7-12(3)16(13(4)8-10)17(18)14-5-6-15(19)11(2)9-14/h5-9,17H,1-4H3. The molecule has 0 aliphatic rings. The van der Waals surface area contributed by atoms with E-state index in [-0.39, 0.29) is 4.83 Å². The third kappa shape index (κ3) is 3.04. The summed E-state index contributed by atoms with van der Waals surface area (Å²) in [4.78, 5) is 0.212. The smallest absolute Gasteiger partial charge is 0.0649 e. The Balaban J connectivity index is 2.49. The van der Waals surface area contributed by atoms with E-state index in [9.17, 15) is 0 Å². The van der Waals surface area contributed by atoms with E-state index in [1.165, 1.54) is 27.8 Å². The summed E-state index contributed by atoms with van der Waals surface area (Å²) in [6.45, 7) is 8.53. The molecule has 0 nitrogen and oxygen atoms in total. The van der Waals surface area contributed by atoms with Crippen molar-refractivity contribution in [2.45, 2.75) is 32.5 Å². The summed E-state index contributed by atoms with van der Waals surface area (Å²) < 4.78 is 0. The van der Waals surface area contributed by atoms with Crippen LogP contribution < -0.4 is 0 Å². The van der Waals surface area contributed by atoms with Gasteiger partial charge in [-0.15, -0.1) is 0 Å². The number of hydrogen-bond acceptors (Lipinski definition) is 0. The van der Waals surface area contributed by atoms with E-state index in [2.05, 4.69) is 61.0 Å². The Morgan fingerprint density at radius 1 is 0.895 bits per heavy atom. The van der Waals surface area contributed by atoms with Gasteiger partial charge in [0, 0.05) is 5.02 Å². The van der Waals surface area contributed by atoms with Gasteiger partial charge in [-0.2, -0.15) is 0 Å². The summed E-state index contributed by atoms with van der Waals surface area (Å²) in [7, 11) is 0. The monoisotopic (exact) mass is 336 g/mol. The van der Waals surface area contributed by atoms with Gasteiger partial charge >= 0.3 is 0 Å². The van der Waals surface area contributed by atoms with Crippen molar-refractivity contribution < 1.29 is 0 Å². The molecule has 19 heavy (non-hydrogen) atoms. The number of aryl methyl sites for hydroxylation is 4. The highest BCUT2D eigenvalue weighted by molar-refractivity contribution is 9.09. The molecular formula is C17H18BrCl. The van der Waals surface area contributed by atoms with Crippen LogP contribution in [0.5, 0.6) is 0 Å². The van der Waals surface area contributed by atoms with Gasteiger partial charge in [-0.05, 0) is 61.6 Å². The zero-order valence-electron chi connectivity index (χ0n) is 11.7. The maximum Gasteiger partial charge on any atom is 0.0649 e. The molecule has 2 rings (SSSR count). The van der Waals surface area contributed by atoms with Crippen molar-refractivity contribution in [3.05, 3.63) is 68.7 Å². The minimum atomic E-state index is 0.212. The van der Waals surface area contributed by atoms with Crippen molar-refractivity contribution in [1.82, 2.24) is 0 Å². The fraction of sp³-hybridized carbons (Fsp3) is 0.294. The van der Waals surface area contributed by atoms with E-state index in [4.69, 9.17) is 11.6 Å². The Kier molecular flexibility index (Phi) is 4.37. The van der Waals surface area contributed by atoms with Crippen LogP contribution in [0.25, 0.3) is 0 Å². The lowest BCUT2D eigenvalue weighted by Crippen LogP contribution is -2.00. The van der Waals surface area contributed by atoms with Gasteiger partial charge in [-0.25, -0.2) is 0 Å². The van der Waals surface area contributed by atoms with Gasteiger partial charge < -0.3 is 0 Å². The Morgan fingerprint density at radius 3 is 2.00 bits per heavy atom. The van der Waals surface area contributed by atoms with Crippen molar-refractivity contribution in [2.75, 3.05) is 0 Å². The fourth-order valence-electron chi connectivity index (χ4n) is 2.58. The molecule has 0 aromatic heterocycles. The van der Waals surface area contributed by atoms with Crippen LogP contribution in [0.1, 0.15) is 38.2 Å². The van der Waals surface area contributed by atoms with Gasteiger partial charge in [0.2, 0.25) is 0 Å². The maximum atomic E-state index is 6.10. The molecule has 0 N–H and O–H groups in total. The van der Waals surface area contributed by atoms with Crippen LogP contribution in [0, 0.1) is 27.7 Å². The van der Waals surface area contributed by atoms with E-state index >= 15 is 0 Å². The van der Waals surface area contributed by atoms with E-state index in [1.807, 2.05) is 13.0 Å². The molecule has 0 aliphatic carbocycles. The Morgan fingerprint density at radius 2 is 1.47 bits per heavy atom. The first-order valence-corrected chi connectivity index (χ1v) is 7.67. The van der Waals surface area contributed by atoms with Gasteiger partial charge in [0.1, 0.15) is 0 Å². The molecule has 0 amide bonds. The maximum absolute atomic E-state index is 6.10. The van der Waals surface area contributed by atoms with Gasteiger partial charge in [-0.1, -0.05) is 57.4 Å². The lowest BCUT2D eigenvalue weighted by molar-refractivity contribution is 1.10. The van der Waals surface area contributed by atoms with Crippen molar-refractivity contribution in [2.24, 2.45) is 0 Å². The molecule has 100 valence electrons. The van der Waals surface area contributed by atoms with Crippen LogP contribution in [0.2, 0.25) is 5.02 Å². The predicted molar refractivity (Wildman–Crippen MR) is 87.6 cm³/mol. The number of benzene rings is 2. The Hall–Kier alpha value is -0.790. The Bertz CT molecular complexity index is 594. The molecule has 0 aliphatic heterocycles. The first-order chi connectivity index (χ1) is 8.90. The summed E-state index contributed by atoms with van der Waals surface area (Å²) >= 11 is 9.94. The third-order valence-electron chi connectivity index (χ3n) is 3.47. The predicted octanol–water partition coefficient (Wildman–Crippen LogP) is 6.06. The second-order valence-electron chi connectivity index (χ2n) is 5.18. The molecule has 0 radical (unpaired) electrons. The molecule has 0 bridgehead atoms. The number of rotatable bonds is 2. The van der Waals surface area contributed by atoms with Crippen LogP contribution >= 0.6 is 27.5 Å². The molecule has 2 aromatic rings. The number of halogens is 2. The largest absolute Gasteiger partial charge is 0.0841 e. The van der Waals surface area contributed by atoms with Gasteiger partial charge in [-0.3, -0.25) is 0 Å². The summed E-state index contributed by atoms with van der Waals surface area (Å²) in [6.07, 6.45) is 0. The first-order valence-electron chi connectivity index (χ1n) is 6.38. The van der Waals surface area contributed by atoms with E-state index in [0.29, 0.717) is 0 Å². The minimum absolute atomic E-state index is 0.212. The SMILES string of the molecule is Cc1cc(C)c(C(Br)c2ccc(Cl)c(C)c2)c(C)c1. The number of hydrogen-bond donors (Lipinski definition) is 0. The van der Waals surface area contributed by atoms with Gasteiger partial charge in [0.15, 0.2) is 0 Å². The Labute approximate surface area is 128 Å². The third-order valence-corrected chi connectivity index (χ3v) is 4.88. The summed E-state index contributed by atoms with van der Waals surface area (Å²) in [6, 6.07) is 10.7. The lowest BCUT2D eigenvalue weighted by Gasteiger charge is -2.18. The summed E-state index contributed by atoms with van der Waals surface area (Å²) in [5.74, 6) is 0. The van der Waals surface area contributed by atoms with Crippen molar-refractivity contribution in [3.63, 3.8) is 0 Å². The molecule has 2 aromatic carbocycles. The van der Waals surface area contributed by atoms with Crippen molar-refractivity contribution >= 4 is 27.5 Å². The van der Waals surface area contributed by atoms with E-state index in [1.54, 1.807) is 0 Å². The average molecular weight is 338 g/mol. The molecule has 1 atom stereocenters. The van der Waals surface area contributed by atoms with Crippen molar-refractivity contribution in [3.8, 4) is 0 Å². The molecule has 0 saturated carbocycles. The van der Waals surface area contributed by atoms with Crippen LogP contribution in [0.3, 0.4) is 0 Å². The van der Waals surface area contributed by atoms with Crippen LogP contribution in [0.4, 0.5) is 0 Å². The molecule has 0 saturated heterocycles. The second kappa shape index (κ2) is 5.68. The number of alkyl halides is 1. The van der Waals surface area contributed by atoms with Gasteiger partial charge in [0.25, 0.3) is 0 Å². The highest BCUT2D eigenvalue weighted by Gasteiger charge is 2.16. The highest BCUT2D eigenvalue weighted by atomic mass is 79.9. The minimum Gasteiger partial charge on any atom is -0.0841 e. The topological polar surface area (TPSA) is 0 Å². The lowest BCUT2D eigenvalue weighted by atomic mass is 9.93. The first kappa shape index (κ1) is 14.6. The van der Waals surface area contributed by atoms with E-state index in [0.717, 1.165) is 10.6 Å². The molecular weight excluding hydrogens is 320 g/mol. The normalized spacial score (nSPS) is 12.5. The molecule has 0 heterocycles. The van der Waals surface area contributed by atoms with Crippen LogP contribution in [0.15, 0.2) is 30.3 Å². The highest BCUT2D eigenvalue weighted by Crippen LogP contribution is 2.36. The zero-order valence-corrected chi connectivity index (χ0v) is 14.1. The quantitative estimate of drug-likeness (QED) is 0.584. The molecule has 2 heteroatoms. The fourth-order valence-corrected chi connectivity index (χ4v) is 3.71.